The molecule has 0 aromatic rings. The second kappa shape index (κ2) is 0. The van der Waals surface area contributed by atoms with Crippen molar-refractivity contribution in [2.24, 2.45) is 0 Å². The maximum absolute atomic E-state index is 2.00. The van der Waals surface area contributed by atoms with Gasteiger partial charge >= 0.3 is 0 Å². The van der Waals surface area contributed by atoms with E-state index < -0.39 is 0 Å². The third kappa shape index (κ3) is 0. The van der Waals surface area contributed by atoms with Crippen LogP contribution >= 0.6 is 0 Å². The Labute approximate surface area is 688 Å². The van der Waals surface area contributed by atoms with E-state index in [4.69, 9.17) is 0 Å². The second-order valence-electron chi connectivity index (χ2n) is 0. The van der Waals surface area contributed by atoms with Gasteiger partial charge in [0.25, 0.3) is 0 Å². The molecule has 0 aliphatic carbocycles. The molecular formula is C100H300. The van der Waals surface area contributed by atoms with E-state index in [-0.39, 0.29) is 0 Å². The zero-order valence-electron chi connectivity index (χ0n) is 100. The van der Waals surface area contributed by atoms with Gasteiger partial charge in [-0.2, -0.15) is 0 Å². The van der Waals surface area contributed by atoms with Crippen LogP contribution < -0.4 is 0 Å². The molecule has 0 heteroatoms. The SMILES string of the molecule is CC.CC.CC.CC.CC.CC.CC.CC.CC.CC.CC.CC.CC.CC.CC.CC.CC.CC.CC.CC.CC.CC.CC.CC.CC.CC.CC.CC.CC.CC.CC.CC.CC.CC.CC.CC.CC.CC.CC.CC.CC.CC.CC.CC.CC.CC.CC.CC.CC.CC. The lowest BCUT2D eigenvalue weighted by atomic mass is 11.0. The average molecular weight is 1500 g/mol. The Bertz CT molecular complexity index is 0. The molecule has 0 radical (unpaired) electrons. The maximum atomic E-state index is 2.00. The van der Waals surface area contributed by atoms with Gasteiger partial charge in [0, 0.05) is 0 Å². The van der Waals surface area contributed by atoms with E-state index in [2.05, 4.69) is 0 Å². The van der Waals surface area contributed by atoms with E-state index in [9.17, 15) is 0 Å². The first-order chi connectivity index (χ1) is 50.0. The predicted octanol–water partition coefficient (Wildman–Crippen LogP) is 51.3. The van der Waals surface area contributed by atoms with Crippen LogP contribution in [0.3, 0.4) is 0 Å². The fourth-order valence-electron chi connectivity index (χ4n) is 0. The smallest absolute Gasteiger partial charge is 0.0683 e. The van der Waals surface area contributed by atoms with E-state index in [1.165, 1.54) is 0 Å². The molecule has 0 unspecified atom stereocenters. The summed E-state index contributed by atoms with van der Waals surface area (Å²) in [4.78, 5) is 0. The first kappa shape index (κ1) is 392. The van der Waals surface area contributed by atoms with Crippen LogP contribution in [0.1, 0.15) is 692 Å². The average Bonchev–Trinajstić information content (AvgIpc) is 3.87. The summed E-state index contributed by atoms with van der Waals surface area (Å²) in [6.45, 7) is 200. The van der Waals surface area contributed by atoms with Gasteiger partial charge in [-0.15, -0.1) is 0 Å². The molecule has 0 saturated carbocycles. The fraction of sp³-hybridized carbons (Fsp3) is 1.00. The van der Waals surface area contributed by atoms with E-state index >= 15 is 0 Å². The molecule has 0 amide bonds. The Morgan fingerprint density at radius 1 is 0.0200 bits per heavy atom. The van der Waals surface area contributed by atoms with Gasteiger partial charge in [-0.1, -0.05) is 692 Å². The van der Waals surface area contributed by atoms with Crippen LogP contribution in [0.15, 0.2) is 0 Å². The highest BCUT2D eigenvalue weighted by Crippen LogP contribution is 1.24. The first-order valence-electron chi connectivity index (χ1n) is 50.0. The Balaban J connectivity index is -0.00000000531. The monoisotopic (exact) mass is 1500 g/mol. The number of hydrogen-bond acceptors (Lipinski definition) is 0. The molecule has 0 bridgehead atoms. The van der Waals surface area contributed by atoms with Crippen LogP contribution in [-0.2, 0) is 0 Å². The van der Waals surface area contributed by atoms with Crippen molar-refractivity contribution in [1.29, 1.82) is 0 Å². The van der Waals surface area contributed by atoms with Crippen LogP contribution in [0.2, 0.25) is 0 Å². The van der Waals surface area contributed by atoms with E-state index in [1.807, 2.05) is 692 Å². The third-order valence-electron chi connectivity index (χ3n) is 0. The first-order valence-corrected chi connectivity index (χ1v) is 50.0. The molecule has 0 rings (SSSR count). The maximum Gasteiger partial charge on any atom is -0.0683 e. The van der Waals surface area contributed by atoms with Crippen molar-refractivity contribution in [2.75, 3.05) is 0 Å². The lowest BCUT2D eigenvalue weighted by Gasteiger charge is -1.07. The highest BCUT2D eigenvalue weighted by atomic mass is 13.1. The van der Waals surface area contributed by atoms with Crippen molar-refractivity contribution in [3.8, 4) is 0 Å². The fourth-order valence-corrected chi connectivity index (χ4v) is 0. The zero-order valence-corrected chi connectivity index (χ0v) is 100. The lowest BCUT2D eigenvalue weighted by Crippen LogP contribution is -0.856. The minimum Gasteiger partial charge on any atom is -0.0683 e. The molecule has 0 fully saturated rings. The standard InChI is InChI=1S/50C2H6/c50*1-2/h50*1-2H3. The summed E-state index contributed by atoms with van der Waals surface area (Å²) < 4.78 is 0. The molecule has 0 aromatic heterocycles. The summed E-state index contributed by atoms with van der Waals surface area (Å²) in [5.41, 5.74) is 0. The van der Waals surface area contributed by atoms with Gasteiger partial charge in [0.15, 0.2) is 0 Å². The van der Waals surface area contributed by atoms with Crippen LogP contribution in [0.4, 0.5) is 0 Å². The van der Waals surface area contributed by atoms with Crippen molar-refractivity contribution in [3.05, 3.63) is 0 Å². The van der Waals surface area contributed by atoms with Crippen molar-refractivity contribution >= 4 is 0 Å². The lowest BCUT2D eigenvalue weighted by molar-refractivity contribution is 1.50. The quantitative estimate of drug-likeness (QED) is 0.227. The van der Waals surface area contributed by atoms with E-state index in [1.54, 1.807) is 0 Å². The van der Waals surface area contributed by atoms with Gasteiger partial charge in [-0.3, -0.25) is 0 Å². The van der Waals surface area contributed by atoms with Crippen LogP contribution in [0.5, 0.6) is 0 Å². The molecule has 100 heavy (non-hydrogen) atoms. The molecule has 0 aliphatic heterocycles. The van der Waals surface area contributed by atoms with E-state index in [0.717, 1.165) is 0 Å². The summed E-state index contributed by atoms with van der Waals surface area (Å²) >= 11 is 0. The number of hydrogen-bond donors (Lipinski definition) is 0. The molecule has 700 valence electrons. The molecule has 0 heterocycles. The summed E-state index contributed by atoms with van der Waals surface area (Å²) in [5, 5.41) is 0. The summed E-state index contributed by atoms with van der Waals surface area (Å²) in [7, 11) is 0. The molecule has 0 aromatic carbocycles. The van der Waals surface area contributed by atoms with Crippen molar-refractivity contribution < 1.29 is 0 Å². The highest BCUT2D eigenvalue weighted by molar-refractivity contribution is 3.60. The summed E-state index contributed by atoms with van der Waals surface area (Å²) in [6, 6.07) is 0. The third-order valence-corrected chi connectivity index (χ3v) is 0. The molecule has 0 saturated heterocycles. The Hall–Kier alpha value is 0. The predicted molar refractivity (Wildman–Crippen MR) is 567 cm³/mol. The van der Waals surface area contributed by atoms with Crippen LogP contribution in [0, 0.1) is 0 Å². The van der Waals surface area contributed by atoms with Gasteiger partial charge in [-0.25, -0.2) is 0 Å². The highest BCUT2D eigenvalue weighted by Gasteiger charge is 1.03. The summed E-state index contributed by atoms with van der Waals surface area (Å²) in [5.74, 6) is 0. The van der Waals surface area contributed by atoms with Crippen LogP contribution in [0.25, 0.3) is 0 Å². The van der Waals surface area contributed by atoms with Gasteiger partial charge in [0.1, 0.15) is 0 Å². The normalized spacial score (nSPS) is 3.00. The Kier molecular flexibility index (Phi) is 0. The Morgan fingerprint density at radius 2 is 0.0200 bits per heavy atom. The molecule has 0 atom stereocenters. The van der Waals surface area contributed by atoms with Gasteiger partial charge in [-0.05, 0) is 0 Å². The second-order valence-corrected chi connectivity index (χ2v) is 0. The largest absolute Gasteiger partial charge is 0.0683 e. The van der Waals surface area contributed by atoms with Gasteiger partial charge < -0.3 is 0 Å². The minimum atomic E-state index is 2.00. The molecule has 0 N–H and O–H groups in total. The number of rotatable bonds is 0. The molecule has 0 spiro atoms. The van der Waals surface area contributed by atoms with Crippen molar-refractivity contribution in [1.82, 2.24) is 0 Å². The van der Waals surface area contributed by atoms with Crippen molar-refractivity contribution in [3.63, 3.8) is 0 Å². The zero-order chi connectivity index (χ0) is 100. The molecule has 0 nitrogen and oxygen atoms in total. The topological polar surface area (TPSA) is 0 Å². The van der Waals surface area contributed by atoms with Crippen molar-refractivity contribution in [2.45, 2.75) is 692 Å². The minimum absolute atomic E-state index is 2.00. The molecular weight excluding hydrogens is 1200 g/mol. The van der Waals surface area contributed by atoms with Gasteiger partial charge in [0.2, 0.25) is 0 Å². The van der Waals surface area contributed by atoms with Crippen LogP contribution in [-0.4, -0.2) is 0 Å². The van der Waals surface area contributed by atoms with E-state index in [0.29, 0.717) is 0 Å². The Morgan fingerprint density at radius 3 is 0.0200 bits per heavy atom. The summed E-state index contributed by atoms with van der Waals surface area (Å²) in [6.07, 6.45) is 0. The molecule has 0 aliphatic rings. The van der Waals surface area contributed by atoms with Gasteiger partial charge in [0.05, 0.1) is 0 Å².